The summed E-state index contributed by atoms with van der Waals surface area (Å²) < 4.78 is 1.02. The number of carbonyl (C=O) groups excluding carboxylic acids is 2. The molecule has 0 bridgehead atoms. The average Bonchev–Trinajstić information content (AvgIpc) is 2.69. The first-order chi connectivity index (χ1) is 8.56. The second-order valence-corrected chi connectivity index (χ2v) is 5.37. The molecule has 4 nitrogen and oxygen atoms in total. The molecule has 1 aromatic carbocycles. The SMILES string of the molecule is CC(=O)CCN1CC(c2ccc(Br)cc2)NC1=O. The van der Waals surface area contributed by atoms with E-state index in [1.54, 1.807) is 11.8 Å². The molecule has 0 saturated carbocycles. The van der Waals surface area contributed by atoms with Crippen LogP contribution in [-0.2, 0) is 4.79 Å². The third-order valence-electron chi connectivity index (χ3n) is 2.99. The van der Waals surface area contributed by atoms with Crippen LogP contribution in [0.15, 0.2) is 28.7 Å². The maximum absolute atomic E-state index is 11.7. The van der Waals surface area contributed by atoms with E-state index in [9.17, 15) is 9.59 Å². The lowest BCUT2D eigenvalue weighted by molar-refractivity contribution is -0.117. The molecule has 18 heavy (non-hydrogen) atoms. The summed E-state index contributed by atoms with van der Waals surface area (Å²) in [6.45, 7) is 2.65. The van der Waals surface area contributed by atoms with E-state index in [-0.39, 0.29) is 17.9 Å². The Morgan fingerprint density at radius 1 is 1.44 bits per heavy atom. The van der Waals surface area contributed by atoms with Gasteiger partial charge in [0.1, 0.15) is 5.78 Å². The Morgan fingerprint density at radius 3 is 2.72 bits per heavy atom. The maximum atomic E-state index is 11.7. The van der Waals surface area contributed by atoms with Crippen LogP contribution in [0.25, 0.3) is 0 Å². The lowest BCUT2D eigenvalue weighted by atomic mass is 10.1. The Bertz CT molecular complexity index is 459. The smallest absolute Gasteiger partial charge is 0.318 e. The van der Waals surface area contributed by atoms with E-state index in [2.05, 4.69) is 21.2 Å². The Morgan fingerprint density at radius 2 is 2.11 bits per heavy atom. The highest BCUT2D eigenvalue weighted by Gasteiger charge is 2.29. The molecule has 1 aliphatic rings. The zero-order valence-corrected chi connectivity index (χ0v) is 11.7. The monoisotopic (exact) mass is 310 g/mol. The van der Waals surface area contributed by atoms with Crippen LogP contribution >= 0.6 is 15.9 Å². The molecule has 1 heterocycles. The molecule has 1 atom stereocenters. The zero-order valence-electron chi connectivity index (χ0n) is 10.1. The Labute approximate surface area is 114 Å². The first-order valence-electron chi connectivity index (χ1n) is 5.86. The van der Waals surface area contributed by atoms with Gasteiger partial charge < -0.3 is 10.2 Å². The molecular weight excluding hydrogens is 296 g/mol. The van der Waals surface area contributed by atoms with Crippen LogP contribution in [0.5, 0.6) is 0 Å². The molecule has 0 aromatic heterocycles. The van der Waals surface area contributed by atoms with Crippen molar-refractivity contribution in [2.24, 2.45) is 0 Å². The van der Waals surface area contributed by atoms with E-state index < -0.39 is 0 Å². The first-order valence-corrected chi connectivity index (χ1v) is 6.66. The number of Topliss-reactive ketones (excluding diaryl/α,β-unsaturated/α-hetero) is 1. The van der Waals surface area contributed by atoms with Crippen molar-refractivity contribution in [1.82, 2.24) is 10.2 Å². The van der Waals surface area contributed by atoms with Gasteiger partial charge in [-0.2, -0.15) is 0 Å². The largest absolute Gasteiger partial charge is 0.329 e. The molecule has 1 aliphatic heterocycles. The summed E-state index contributed by atoms with van der Waals surface area (Å²) in [7, 11) is 0. The molecule has 1 N–H and O–H groups in total. The zero-order chi connectivity index (χ0) is 13.1. The Balaban J connectivity index is 1.99. The summed E-state index contributed by atoms with van der Waals surface area (Å²) >= 11 is 3.38. The van der Waals surface area contributed by atoms with Crippen LogP contribution in [0.2, 0.25) is 0 Å². The highest BCUT2D eigenvalue weighted by Crippen LogP contribution is 2.22. The average molecular weight is 311 g/mol. The molecule has 0 spiro atoms. The number of halogens is 1. The molecule has 5 heteroatoms. The van der Waals surface area contributed by atoms with E-state index in [0.29, 0.717) is 19.5 Å². The van der Waals surface area contributed by atoms with Crippen molar-refractivity contribution in [3.8, 4) is 0 Å². The predicted molar refractivity (Wildman–Crippen MR) is 72.3 cm³/mol. The summed E-state index contributed by atoms with van der Waals surface area (Å²) in [5, 5.41) is 2.92. The molecule has 2 rings (SSSR count). The van der Waals surface area contributed by atoms with Gasteiger partial charge in [0.2, 0.25) is 0 Å². The van der Waals surface area contributed by atoms with Crippen molar-refractivity contribution in [3.05, 3.63) is 34.3 Å². The number of nitrogens with zero attached hydrogens (tertiary/aromatic N) is 1. The third-order valence-corrected chi connectivity index (χ3v) is 3.52. The summed E-state index contributed by atoms with van der Waals surface area (Å²) in [4.78, 5) is 24.4. The molecule has 2 amide bonds. The van der Waals surface area contributed by atoms with Crippen LogP contribution < -0.4 is 5.32 Å². The van der Waals surface area contributed by atoms with Gasteiger partial charge in [-0.25, -0.2) is 4.79 Å². The molecule has 96 valence electrons. The second-order valence-electron chi connectivity index (χ2n) is 4.45. The number of ketones is 1. The Hall–Kier alpha value is -1.36. The van der Waals surface area contributed by atoms with Crippen molar-refractivity contribution >= 4 is 27.7 Å². The van der Waals surface area contributed by atoms with Crippen molar-refractivity contribution < 1.29 is 9.59 Å². The molecule has 1 unspecified atom stereocenters. The minimum absolute atomic E-state index is 0.0116. The van der Waals surface area contributed by atoms with E-state index in [1.165, 1.54) is 0 Å². The van der Waals surface area contributed by atoms with Crippen molar-refractivity contribution in [2.75, 3.05) is 13.1 Å². The van der Waals surface area contributed by atoms with Gasteiger partial charge in [-0.15, -0.1) is 0 Å². The van der Waals surface area contributed by atoms with Gasteiger partial charge in [-0.3, -0.25) is 4.79 Å². The van der Waals surface area contributed by atoms with Gasteiger partial charge in [0.25, 0.3) is 0 Å². The predicted octanol–water partition coefficient (Wildman–Crippen LogP) is 2.49. The number of benzene rings is 1. The van der Waals surface area contributed by atoms with Crippen LogP contribution in [-0.4, -0.2) is 29.8 Å². The van der Waals surface area contributed by atoms with Crippen LogP contribution in [0, 0.1) is 0 Å². The number of urea groups is 1. The van der Waals surface area contributed by atoms with Crippen molar-refractivity contribution in [1.29, 1.82) is 0 Å². The van der Waals surface area contributed by atoms with Gasteiger partial charge in [0, 0.05) is 24.0 Å². The highest BCUT2D eigenvalue weighted by atomic mass is 79.9. The van der Waals surface area contributed by atoms with Gasteiger partial charge in [-0.1, -0.05) is 28.1 Å². The molecular formula is C13H15BrN2O2. The lowest BCUT2D eigenvalue weighted by Gasteiger charge is -2.13. The first kappa shape index (κ1) is 13.1. The summed E-state index contributed by atoms with van der Waals surface area (Å²) in [5.74, 6) is 0.106. The summed E-state index contributed by atoms with van der Waals surface area (Å²) in [6, 6.07) is 7.81. The molecule has 1 aromatic rings. The van der Waals surface area contributed by atoms with Gasteiger partial charge in [0.05, 0.1) is 6.04 Å². The number of nitrogens with one attached hydrogen (secondary N) is 1. The standard InChI is InChI=1S/C13H15BrN2O2/c1-9(17)6-7-16-8-12(15-13(16)18)10-2-4-11(14)5-3-10/h2-5,12H,6-8H2,1H3,(H,15,18). The molecule has 0 radical (unpaired) electrons. The van der Waals surface area contributed by atoms with Gasteiger partial charge in [-0.05, 0) is 24.6 Å². The fraction of sp³-hybridized carbons (Fsp3) is 0.385. The highest BCUT2D eigenvalue weighted by molar-refractivity contribution is 9.10. The minimum atomic E-state index is -0.0934. The van der Waals surface area contributed by atoms with E-state index in [1.807, 2.05) is 24.3 Å². The fourth-order valence-electron chi connectivity index (χ4n) is 1.96. The van der Waals surface area contributed by atoms with Crippen LogP contribution in [0.1, 0.15) is 24.9 Å². The minimum Gasteiger partial charge on any atom is -0.329 e. The van der Waals surface area contributed by atoms with E-state index in [0.717, 1.165) is 10.0 Å². The quantitative estimate of drug-likeness (QED) is 0.929. The molecule has 1 fully saturated rings. The van der Waals surface area contributed by atoms with E-state index in [4.69, 9.17) is 0 Å². The fourth-order valence-corrected chi connectivity index (χ4v) is 2.22. The van der Waals surface area contributed by atoms with Crippen LogP contribution in [0.4, 0.5) is 4.79 Å². The number of hydrogen-bond acceptors (Lipinski definition) is 2. The second kappa shape index (κ2) is 5.52. The number of amides is 2. The topological polar surface area (TPSA) is 49.4 Å². The number of hydrogen-bond donors (Lipinski definition) is 1. The summed E-state index contributed by atoms with van der Waals surface area (Å²) in [5.41, 5.74) is 1.08. The molecule has 0 aliphatic carbocycles. The lowest BCUT2D eigenvalue weighted by Crippen LogP contribution is -2.29. The van der Waals surface area contributed by atoms with Crippen molar-refractivity contribution in [2.45, 2.75) is 19.4 Å². The number of rotatable bonds is 4. The molecule has 1 saturated heterocycles. The van der Waals surface area contributed by atoms with Crippen LogP contribution in [0.3, 0.4) is 0 Å². The number of carbonyl (C=O) groups is 2. The van der Waals surface area contributed by atoms with Gasteiger partial charge >= 0.3 is 6.03 Å². The van der Waals surface area contributed by atoms with E-state index >= 15 is 0 Å². The normalized spacial score (nSPS) is 18.9. The summed E-state index contributed by atoms with van der Waals surface area (Å²) in [6.07, 6.45) is 0.417. The third kappa shape index (κ3) is 3.10. The van der Waals surface area contributed by atoms with Crippen molar-refractivity contribution in [3.63, 3.8) is 0 Å². The maximum Gasteiger partial charge on any atom is 0.318 e. The Kier molecular flexibility index (Phi) is 4.01. The van der Waals surface area contributed by atoms with Gasteiger partial charge in [0.15, 0.2) is 0 Å².